The van der Waals surface area contributed by atoms with Gasteiger partial charge in [-0.1, -0.05) is 23.8 Å². The fraction of sp³-hybridized carbons (Fsp3) is 0.400. The number of amides is 2. The highest BCUT2D eigenvalue weighted by atomic mass is 32.1. The van der Waals surface area contributed by atoms with Crippen molar-refractivity contribution < 1.29 is 9.59 Å². The number of nitrogens with one attached hydrogen (secondary N) is 1. The molecule has 1 saturated heterocycles. The molecule has 2 amide bonds. The maximum atomic E-state index is 12.9. The Balaban J connectivity index is 1.99. The van der Waals surface area contributed by atoms with Gasteiger partial charge in [0.25, 0.3) is 0 Å². The van der Waals surface area contributed by atoms with Gasteiger partial charge in [0, 0.05) is 29.6 Å². The lowest BCUT2D eigenvalue weighted by Gasteiger charge is -2.40. The topological polar surface area (TPSA) is 75.4 Å². The third kappa shape index (κ3) is 3.81. The Hall–Kier alpha value is -2.18. The van der Waals surface area contributed by atoms with E-state index in [4.69, 9.17) is 5.73 Å². The van der Waals surface area contributed by atoms with Gasteiger partial charge in [-0.3, -0.25) is 9.59 Å². The summed E-state index contributed by atoms with van der Waals surface area (Å²) in [5.41, 5.74) is 7.63. The molecule has 0 bridgehead atoms. The number of carbonyl (C=O) groups excluding carboxylic acids is 2. The van der Waals surface area contributed by atoms with Crippen LogP contribution < -0.4 is 16.0 Å². The lowest BCUT2D eigenvalue weighted by Crippen LogP contribution is -2.50. The maximum absolute atomic E-state index is 12.9. The molecule has 1 aliphatic heterocycles. The highest BCUT2D eigenvalue weighted by Crippen LogP contribution is 2.41. The summed E-state index contributed by atoms with van der Waals surface area (Å²) in [6.07, 6.45) is 0.914. The Morgan fingerprint density at radius 1 is 1.35 bits per heavy atom. The van der Waals surface area contributed by atoms with E-state index in [1.54, 1.807) is 16.2 Å². The minimum absolute atomic E-state index is 0.0361. The third-order valence-electron chi connectivity index (χ3n) is 4.82. The molecule has 0 radical (unpaired) electrons. The quantitative estimate of drug-likeness (QED) is 0.848. The first-order valence-corrected chi connectivity index (χ1v) is 9.81. The van der Waals surface area contributed by atoms with Crippen molar-refractivity contribution in [2.24, 2.45) is 11.7 Å². The number of hydrogen-bond donors (Lipinski definition) is 2. The van der Waals surface area contributed by atoms with Crippen LogP contribution in [0.25, 0.3) is 0 Å². The summed E-state index contributed by atoms with van der Waals surface area (Å²) in [6.45, 7) is 4.30. The first kappa shape index (κ1) is 18.6. The van der Waals surface area contributed by atoms with Gasteiger partial charge in [-0.05, 0) is 43.8 Å². The number of thiophene rings is 1. The van der Waals surface area contributed by atoms with Crippen LogP contribution in [0.3, 0.4) is 0 Å². The van der Waals surface area contributed by atoms with Crippen LogP contribution >= 0.6 is 11.3 Å². The molecule has 3 atom stereocenters. The van der Waals surface area contributed by atoms with E-state index >= 15 is 0 Å². The minimum atomic E-state index is -0.290. The van der Waals surface area contributed by atoms with Crippen LogP contribution in [0.15, 0.2) is 41.8 Å². The molecular formula is C20H25N3O2S. The molecule has 138 valence electrons. The molecule has 2 heterocycles. The number of carbonyl (C=O) groups is 2. The number of hydrogen-bond acceptors (Lipinski definition) is 4. The Morgan fingerprint density at radius 2 is 2.08 bits per heavy atom. The zero-order valence-electron chi connectivity index (χ0n) is 15.1. The van der Waals surface area contributed by atoms with Crippen molar-refractivity contribution in [3.63, 3.8) is 0 Å². The lowest BCUT2D eigenvalue weighted by molar-refractivity contribution is -0.129. The summed E-state index contributed by atoms with van der Waals surface area (Å²) in [5, 5.41) is 4.98. The molecule has 26 heavy (non-hydrogen) atoms. The summed E-state index contributed by atoms with van der Waals surface area (Å²) in [4.78, 5) is 28.5. The van der Waals surface area contributed by atoms with Crippen molar-refractivity contribution in [2.75, 3.05) is 11.4 Å². The number of benzene rings is 1. The van der Waals surface area contributed by atoms with Crippen molar-refractivity contribution in [1.29, 1.82) is 0 Å². The molecular weight excluding hydrogens is 346 g/mol. The van der Waals surface area contributed by atoms with E-state index in [1.807, 2.05) is 55.6 Å². The molecule has 6 heteroatoms. The zero-order chi connectivity index (χ0) is 18.7. The highest BCUT2D eigenvalue weighted by molar-refractivity contribution is 7.10. The molecule has 2 aromatic rings. The van der Waals surface area contributed by atoms with Gasteiger partial charge in [-0.25, -0.2) is 0 Å². The largest absolute Gasteiger partial charge is 0.352 e. The number of nitrogens with zero attached hydrogens (tertiary/aromatic N) is 1. The van der Waals surface area contributed by atoms with Crippen LogP contribution in [0, 0.1) is 12.8 Å². The molecule has 0 aliphatic carbocycles. The summed E-state index contributed by atoms with van der Waals surface area (Å²) in [7, 11) is 0. The number of rotatable bonds is 5. The summed E-state index contributed by atoms with van der Waals surface area (Å²) < 4.78 is 0. The van der Waals surface area contributed by atoms with Gasteiger partial charge in [0.05, 0.1) is 12.0 Å². The average molecular weight is 372 g/mol. The maximum Gasteiger partial charge on any atom is 0.227 e. The predicted octanol–water partition coefficient (Wildman–Crippen LogP) is 3.00. The lowest BCUT2D eigenvalue weighted by atomic mass is 9.86. The van der Waals surface area contributed by atoms with Gasteiger partial charge in [0.2, 0.25) is 11.8 Å². The first-order chi connectivity index (χ1) is 12.5. The van der Waals surface area contributed by atoms with Gasteiger partial charge < -0.3 is 16.0 Å². The monoisotopic (exact) mass is 371 g/mol. The Labute approximate surface area is 158 Å². The molecule has 3 N–H and O–H groups in total. The van der Waals surface area contributed by atoms with E-state index < -0.39 is 0 Å². The number of nitrogens with two attached hydrogens (primary N) is 1. The zero-order valence-corrected chi connectivity index (χ0v) is 16.0. The first-order valence-electron chi connectivity index (χ1n) is 8.94. The number of aryl methyl sites for hydroxylation is 1. The fourth-order valence-corrected chi connectivity index (χ4v) is 4.25. The van der Waals surface area contributed by atoms with E-state index in [0.717, 1.165) is 16.1 Å². The van der Waals surface area contributed by atoms with Gasteiger partial charge in [-0.15, -0.1) is 11.3 Å². The van der Waals surface area contributed by atoms with Gasteiger partial charge in [0.1, 0.15) is 0 Å². The Bertz CT molecular complexity index is 758. The summed E-state index contributed by atoms with van der Waals surface area (Å²) in [6, 6.07) is 11.5. The SMILES string of the molecule is Cc1ccc(N2C(=O)CCC(C(=O)N[C@@H](C)CN)C2c2cccs2)cc1. The standard InChI is InChI=1S/C20H25N3O2S/c1-13-5-7-15(8-6-13)23-18(24)10-9-16(20(25)22-14(2)12-21)19(23)17-4-3-11-26-17/h3-8,11,14,16,19H,9-10,12,21H2,1-2H3,(H,22,25)/t14-,16?,19?/m0/s1. The average Bonchev–Trinajstić information content (AvgIpc) is 3.16. The molecule has 3 rings (SSSR count). The van der Waals surface area contributed by atoms with Gasteiger partial charge >= 0.3 is 0 Å². The van der Waals surface area contributed by atoms with Crippen LogP contribution in [-0.4, -0.2) is 24.4 Å². The Kier molecular flexibility index (Phi) is 5.74. The number of piperidine rings is 1. The van der Waals surface area contributed by atoms with Crippen molar-refractivity contribution >= 4 is 28.8 Å². The second-order valence-corrected chi connectivity index (χ2v) is 7.83. The minimum Gasteiger partial charge on any atom is -0.352 e. The molecule has 1 aliphatic rings. The smallest absolute Gasteiger partial charge is 0.227 e. The summed E-state index contributed by atoms with van der Waals surface area (Å²) in [5.74, 6) is -0.268. The van der Waals surface area contributed by atoms with Crippen LogP contribution in [0.5, 0.6) is 0 Å². The third-order valence-corrected chi connectivity index (χ3v) is 5.77. The van der Waals surface area contributed by atoms with Crippen molar-refractivity contribution in [3.05, 3.63) is 52.2 Å². The van der Waals surface area contributed by atoms with Crippen molar-refractivity contribution in [1.82, 2.24) is 5.32 Å². The molecule has 0 saturated carbocycles. The van der Waals surface area contributed by atoms with Crippen LogP contribution in [0.1, 0.15) is 36.2 Å². The van der Waals surface area contributed by atoms with E-state index in [0.29, 0.717) is 19.4 Å². The van der Waals surface area contributed by atoms with Crippen molar-refractivity contribution in [3.8, 4) is 0 Å². The van der Waals surface area contributed by atoms with Crippen LogP contribution in [0.4, 0.5) is 5.69 Å². The van der Waals surface area contributed by atoms with Crippen molar-refractivity contribution in [2.45, 2.75) is 38.8 Å². The van der Waals surface area contributed by atoms with E-state index in [9.17, 15) is 9.59 Å². The highest BCUT2D eigenvalue weighted by Gasteiger charge is 2.42. The molecule has 2 unspecified atom stereocenters. The van der Waals surface area contributed by atoms with Crippen LogP contribution in [-0.2, 0) is 9.59 Å². The molecule has 1 aromatic heterocycles. The normalized spacial score (nSPS) is 21.5. The van der Waals surface area contributed by atoms with E-state index in [2.05, 4.69) is 5.32 Å². The molecule has 1 aromatic carbocycles. The van der Waals surface area contributed by atoms with Gasteiger partial charge in [-0.2, -0.15) is 0 Å². The fourth-order valence-electron chi connectivity index (χ4n) is 3.37. The molecule has 5 nitrogen and oxygen atoms in total. The van der Waals surface area contributed by atoms with Crippen LogP contribution in [0.2, 0.25) is 0 Å². The molecule has 1 fully saturated rings. The molecule has 0 spiro atoms. The number of anilines is 1. The van der Waals surface area contributed by atoms with E-state index in [-0.39, 0.29) is 29.8 Å². The van der Waals surface area contributed by atoms with E-state index in [1.165, 1.54) is 0 Å². The predicted molar refractivity (Wildman–Crippen MR) is 105 cm³/mol. The summed E-state index contributed by atoms with van der Waals surface area (Å²) >= 11 is 1.58. The Morgan fingerprint density at radius 3 is 2.69 bits per heavy atom. The second kappa shape index (κ2) is 8.01. The second-order valence-electron chi connectivity index (χ2n) is 6.85. The van der Waals surface area contributed by atoms with Gasteiger partial charge in [0.15, 0.2) is 0 Å².